The number of fused-ring (bicyclic) bond motifs is 3. The van der Waals surface area contributed by atoms with Gasteiger partial charge in [0.15, 0.2) is 12.3 Å². The fourth-order valence-corrected chi connectivity index (χ4v) is 4.67. The van der Waals surface area contributed by atoms with Crippen molar-refractivity contribution in [3.8, 4) is 16.9 Å². The molecule has 2 nitrogen and oxygen atoms in total. The highest BCUT2D eigenvalue weighted by Crippen LogP contribution is 2.51. The lowest BCUT2D eigenvalue weighted by Crippen LogP contribution is -2.19. The minimum Gasteiger partial charge on any atom is -0.423 e. The standard InChI is InChI=1S/C29H27F5O2/c1-3-5-6-8-16-9-11-18(15-22(16)30)36-29(35)21-14-13-20-19-12-10-17(7-4-2)25(31)23(19)27(33)28(34)24(20)26(21)32/h9-15,27-28H,3-8H2,1-2H3. The molecule has 0 N–H and O–H groups in total. The third-order valence-corrected chi connectivity index (χ3v) is 6.56. The number of rotatable bonds is 8. The predicted octanol–water partition coefficient (Wildman–Crippen LogP) is 8.71. The van der Waals surface area contributed by atoms with Crippen LogP contribution in [-0.4, -0.2) is 5.97 Å². The normalized spacial score (nSPS) is 16.4. The lowest BCUT2D eigenvalue weighted by Gasteiger charge is -2.28. The maximum atomic E-state index is 15.4. The topological polar surface area (TPSA) is 26.3 Å². The van der Waals surface area contributed by atoms with Gasteiger partial charge in [-0.05, 0) is 53.6 Å². The van der Waals surface area contributed by atoms with E-state index in [9.17, 15) is 13.6 Å². The number of ether oxygens (including phenoxy) is 1. The van der Waals surface area contributed by atoms with Crippen molar-refractivity contribution >= 4 is 5.97 Å². The van der Waals surface area contributed by atoms with Gasteiger partial charge < -0.3 is 4.74 Å². The second-order valence-corrected chi connectivity index (χ2v) is 9.04. The van der Waals surface area contributed by atoms with Crippen LogP contribution in [0.5, 0.6) is 5.75 Å². The van der Waals surface area contributed by atoms with Crippen molar-refractivity contribution in [1.29, 1.82) is 0 Å². The lowest BCUT2D eigenvalue weighted by molar-refractivity contribution is 0.0728. The zero-order valence-corrected chi connectivity index (χ0v) is 20.1. The Hall–Kier alpha value is -3.22. The monoisotopic (exact) mass is 502 g/mol. The van der Waals surface area contributed by atoms with Crippen LogP contribution in [0.15, 0.2) is 42.5 Å². The highest BCUT2D eigenvalue weighted by atomic mass is 19.2. The molecule has 0 heterocycles. The number of hydrogen-bond donors (Lipinski definition) is 0. The average Bonchev–Trinajstić information content (AvgIpc) is 2.85. The van der Waals surface area contributed by atoms with E-state index in [-0.39, 0.29) is 22.4 Å². The summed E-state index contributed by atoms with van der Waals surface area (Å²) in [6.07, 6.45) is -0.654. The Morgan fingerprint density at radius 1 is 0.778 bits per heavy atom. The van der Waals surface area contributed by atoms with Crippen molar-refractivity contribution in [2.75, 3.05) is 0 Å². The van der Waals surface area contributed by atoms with Gasteiger partial charge in [-0.1, -0.05) is 57.4 Å². The minimum atomic E-state index is -2.51. The van der Waals surface area contributed by atoms with Crippen molar-refractivity contribution in [3.63, 3.8) is 0 Å². The molecular formula is C29H27F5O2. The van der Waals surface area contributed by atoms with E-state index in [0.29, 0.717) is 24.8 Å². The summed E-state index contributed by atoms with van der Waals surface area (Å²) in [6, 6.07) is 9.21. The summed E-state index contributed by atoms with van der Waals surface area (Å²) in [5.74, 6) is -3.98. The van der Waals surface area contributed by atoms with Crippen LogP contribution in [0.3, 0.4) is 0 Å². The zero-order chi connectivity index (χ0) is 26.0. The van der Waals surface area contributed by atoms with E-state index in [1.165, 1.54) is 30.3 Å². The summed E-state index contributed by atoms with van der Waals surface area (Å²) in [4.78, 5) is 12.7. The molecule has 4 rings (SSSR count). The van der Waals surface area contributed by atoms with E-state index in [1.807, 2.05) is 13.8 Å². The fraction of sp³-hybridized carbons (Fsp3) is 0.345. The first-order valence-electron chi connectivity index (χ1n) is 12.2. The quantitative estimate of drug-likeness (QED) is 0.133. The largest absolute Gasteiger partial charge is 0.423 e. The van der Waals surface area contributed by atoms with Gasteiger partial charge in [-0.2, -0.15) is 0 Å². The first-order chi connectivity index (χ1) is 17.3. The van der Waals surface area contributed by atoms with Crippen LogP contribution in [0.2, 0.25) is 0 Å². The number of halogens is 5. The molecule has 0 bridgehead atoms. The van der Waals surface area contributed by atoms with Crippen LogP contribution in [0.4, 0.5) is 22.0 Å². The number of hydrogen-bond acceptors (Lipinski definition) is 2. The van der Waals surface area contributed by atoms with Gasteiger partial charge in [0.2, 0.25) is 0 Å². The Morgan fingerprint density at radius 3 is 2.06 bits per heavy atom. The predicted molar refractivity (Wildman–Crippen MR) is 128 cm³/mol. The van der Waals surface area contributed by atoms with E-state index in [4.69, 9.17) is 4.74 Å². The molecule has 0 aliphatic heterocycles. The Bertz CT molecular complexity index is 1290. The van der Waals surface area contributed by atoms with Gasteiger partial charge in [0.05, 0.1) is 5.56 Å². The van der Waals surface area contributed by atoms with Crippen LogP contribution in [0, 0.1) is 17.5 Å². The third kappa shape index (κ3) is 4.75. The molecule has 0 spiro atoms. The molecule has 7 heteroatoms. The van der Waals surface area contributed by atoms with Gasteiger partial charge in [0.1, 0.15) is 23.2 Å². The minimum absolute atomic E-state index is 0.0233. The number of carbonyl (C=O) groups excluding carboxylic acids is 1. The number of alkyl halides is 2. The van der Waals surface area contributed by atoms with Crippen LogP contribution < -0.4 is 4.74 Å². The second-order valence-electron chi connectivity index (χ2n) is 9.04. The van der Waals surface area contributed by atoms with Gasteiger partial charge in [-0.25, -0.2) is 26.7 Å². The molecular weight excluding hydrogens is 475 g/mol. The molecule has 3 aromatic rings. The molecule has 2 unspecified atom stereocenters. The lowest BCUT2D eigenvalue weighted by atomic mass is 9.80. The van der Waals surface area contributed by atoms with Crippen molar-refractivity contribution in [3.05, 3.63) is 87.7 Å². The molecule has 190 valence electrons. The molecule has 0 amide bonds. The summed E-state index contributed by atoms with van der Waals surface area (Å²) in [7, 11) is 0. The zero-order valence-electron chi connectivity index (χ0n) is 20.1. The summed E-state index contributed by atoms with van der Waals surface area (Å²) < 4.78 is 80.0. The molecule has 1 aliphatic carbocycles. The smallest absolute Gasteiger partial charge is 0.346 e. The number of esters is 1. The third-order valence-electron chi connectivity index (χ3n) is 6.56. The van der Waals surface area contributed by atoms with E-state index in [2.05, 4.69) is 0 Å². The summed E-state index contributed by atoms with van der Waals surface area (Å²) >= 11 is 0. The second kappa shape index (κ2) is 10.8. The maximum absolute atomic E-state index is 15.4. The Balaban J connectivity index is 1.64. The van der Waals surface area contributed by atoms with Crippen molar-refractivity contribution in [1.82, 2.24) is 0 Å². The van der Waals surface area contributed by atoms with Crippen molar-refractivity contribution < 1.29 is 31.5 Å². The fourth-order valence-electron chi connectivity index (χ4n) is 4.67. The first kappa shape index (κ1) is 25.9. The van der Waals surface area contributed by atoms with Crippen LogP contribution >= 0.6 is 0 Å². The average molecular weight is 503 g/mol. The van der Waals surface area contributed by atoms with E-state index >= 15 is 13.2 Å². The van der Waals surface area contributed by atoms with E-state index in [1.54, 1.807) is 0 Å². The molecule has 3 aromatic carbocycles. The summed E-state index contributed by atoms with van der Waals surface area (Å²) in [6.45, 7) is 3.88. The van der Waals surface area contributed by atoms with Gasteiger partial charge in [-0.3, -0.25) is 0 Å². The highest BCUT2D eigenvalue weighted by molar-refractivity contribution is 5.93. The molecule has 0 aromatic heterocycles. The molecule has 0 saturated heterocycles. The molecule has 36 heavy (non-hydrogen) atoms. The van der Waals surface area contributed by atoms with Gasteiger partial charge >= 0.3 is 5.97 Å². The van der Waals surface area contributed by atoms with Crippen molar-refractivity contribution in [2.45, 2.75) is 64.7 Å². The Kier molecular flexibility index (Phi) is 7.76. The number of benzene rings is 3. The number of unbranched alkanes of at least 4 members (excludes halogenated alkanes) is 2. The van der Waals surface area contributed by atoms with E-state index < -0.39 is 52.5 Å². The molecule has 0 saturated carbocycles. The molecule has 1 aliphatic rings. The van der Waals surface area contributed by atoms with Crippen LogP contribution in [0.25, 0.3) is 11.1 Å². The van der Waals surface area contributed by atoms with Gasteiger partial charge in [-0.15, -0.1) is 0 Å². The maximum Gasteiger partial charge on any atom is 0.346 e. The molecule has 0 radical (unpaired) electrons. The van der Waals surface area contributed by atoms with Gasteiger partial charge in [0.25, 0.3) is 0 Å². The van der Waals surface area contributed by atoms with Crippen LogP contribution in [-0.2, 0) is 12.8 Å². The molecule has 2 atom stereocenters. The number of carbonyl (C=O) groups is 1. The Labute approximate surface area is 207 Å². The highest BCUT2D eigenvalue weighted by Gasteiger charge is 2.40. The Morgan fingerprint density at radius 2 is 1.42 bits per heavy atom. The van der Waals surface area contributed by atoms with Crippen LogP contribution in [0.1, 0.15) is 84.5 Å². The summed E-state index contributed by atoms with van der Waals surface area (Å²) in [5, 5.41) is 0. The SMILES string of the molecule is CCCCCc1ccc(OC(=O)c2ccc3c(c2F)C(F)C(F)c2c-3ccc(CCC)c2F)cc1F. The van der Waals surface area contributed by atoms with E-state index in [0.717, 1.165) is 31.4 Å². The summed E-state index contributed by atoms with van der Waals surface area (Å²) in [5.41, 5.74) is -0.963. The molecule has 0 fully saturated rings. The van der Waals surface area contributed by atoms with Gasteiger partial charge in [0, 0.05) is 17.2 Å². The first-order valence-corrected chi connectivity index (χ1v) is 12.2. The number of aryl methyl sites for hydroxylation is 2. The van der Waals surface area contributed by atoms with Crippen molar-refractivity contribution in [2.24, 2.45) is 0 Å².